The van der Waals surface area contributed by atoms with Gasteiger partial charge in [0.15, 0.2) is 0 Å². The minimum Gasteiger partial charge on any atom is -0.458 e. The van der Waals surface area contributed by atoms with Crippen molar-refractivity contribution in [3.63, 3.8) is 0 Å². The number of aryl methyl sites for hydroxylation is 1. The number of esters is 1. The first-order chi connectivity index (χ1) is 15.6. The van der Waals surface area contributed by atoms with Gasteiger partial charge in [0.05, 0.1) is 9.72 Å². The van der Waals surface area contributed by atoms with E-state index < -0.39 is 0 Å². The maximum Gasteiger partial charge on any atom is 0.350 e. The fourth-order valence-corrected chi connectivity index (χ4v) is 7.68. The predicted molar refractivity (Wildman–Crippen MR) is 142 cm³/mol. The van der Waals surface area contributed by atoms with Gasteiger partial charge in [0.1, 0.15) is 11.0 Å². The molecule has 1 fully saturated rings. The zero-order valence-electron chi connectivity index (χ0n) is 20.1. The standard InChI is InChI=1S/C27H41ClO2S2/c1-3-5-7-9-11-13-20-15-17-21(18-16-20)30-27(29)26-24(28)25-23(32-26)19-22(31-25)14-12-10-8-6-4-2/h19-21H,3-18H2,1-2H3. The third-order valence-corrected chi connectivity index (χ3v) is 9.92. The normalized spacial score (nSPS) is 19.0. The number of ether oxygens (including phenoxy) is 1. The highest BCUT2D eigenvalue weighted by molar-refractivity contribution is 7.29. The molecule has 0 bridgehead atoms. The Labute approximate surface area is 208 Å². The molecular formula is C27H41ClO2S2. The van der Waals surface area contributed by atoms with Crippen LogP contribution in [0.2, 0.25) is 5.02 Å². The summed E-state index contributed by atoms with van der Waals surface area (Å²) in [4.78, 5) is 14.8. The van der Waals surface area contributed by atoms with Gasteiger partial charge in [-0.15, -0.1) is 22.7 Å². The molecule has 0 amide bonds. The van der Waals surface area contributed by atoms with Crippen molar-refractivity contribution in [2.45, 2.75) is 123 Å². The van der Waals surface area contributed by atoms with Gasteiger partial charge >= 0.3 is 5.97 Å². The van der Waals surface area contributed by atoms with E-state index in [1.54, 1.807) is 11.3 Å². The van der Waals surface area contributed by atoms with Gasteiger partial charge < -0.3 is 4.74 Å². The van der Waals surface area contributed by atoms with Crippen LogP contribution in [0.5, 0.6) is 0 Å². The topological polar surface area (TPSA) is 26.3 Å². The molecule has 3 rings (SSSR count). The van der Waals surface area contributed by atoms with Crippen LogP contribution in [-0.4, -0.2) is 12.1 Å². The lowest BCUT2D eigenvalue weighted by Crippen LogP contribution is -2.24. The maximum atomic E-state index is 12.8. The number of carbonyl (C=O) groups is 1. The largest absolute Gasteiger partial charge is 0.458 e. The van der Waals surface area contributed by atoms with Crippen LogP contribution in [0.3, 0.4) is 0 Å². The molecule has 1 aliphatic carbocycles. The highest BCUT2D eigenvalue weighted by Gasteiger charge is 2.27. The van der Waals surface area contributed by atoms with Gasteiger partial charge in [-0.05, 0) is 50.5 Å². The van der Waals surface area contributed by atoms with E-state index in [2.05, 4.69) is 19.9 Å². The Morgan fingerprint density at radius 2 is 1.59 bits per heavy atom. The van der Waals surface area contributed by atoms with E-state index in [1.165, 1.54) is 99.7 Å². The Balaban J connectivity index is 1.43. The summed E-state index contributed by atoms with van der Waals surface area (Å²) >= 11 is 9.89. The molecule has 0 spiro atoms. The molecule has 0 saturated heterocycles. The van der Waals surface area contributed by atoms with Gasteiger partial charge in [-0.1, -0.05) is 89.7 Å². The van der Waals surface area contributed by atoms with Gasteiger partial charge in [-0.2, -0.15) is 0 Å². The van der Waals surface area contributed by atoms with Crippen molar-refractivity contribution in [2.75, 3.05) is 0 Å². The number of rotatable bonds is 14. The SMILES string of the molecule is CCCCCCCc1cc2sc(C(=O)OC3CCC(CCCCCCC)CC3)c(Cl)c2s1. The second-order valence-electron chi connectivity index (χ2n) is 9.57. The smallest absolute Gasteiger partial charge is 0.350 e. The van der Waals surface area contributed by atoms with E-state index in [-0.39, 0.29) is 12.1 Å². The lowest BCUT2D eigenvalue weighted by Gasteiger charge is -2.28. The third kappa shape index (κ3) is 7.74. The van der Waals surface area contributed by atoms with E-state index in [0.717, 1.165) is 34.6 Å². The Kier molecular flexibility index (Phi) is 11.4. The minimum absolute atomic E-state index is 0.0636. The van der Waals surface area contributed by atoms with Crippen LogP contribution >= 0.6 is 34.3 Å². The van der Waals surface area contributed by atoms with Crippen LogP contribution in [0, 0.1) is 5.92 Å². The van der Waals surface area contributed by atoms with Crippen molar-refractivity contribution in [1.82, 2.24) is 0 Å². The van der Waals surface area contributed by atoms with Crippen molar-refractivity contribution < 1.29 is 9.53 Å². The molecular weight excluding hydrogens is 456 g/mol. The van der Waals surface area contributed by atoms with E-state index in [1.807, 2.05) is 0 Å². The molecule has 2 nitrogen and oxygen atoms in total. The highest BCUT2D eigenvalue weighted by atomic mass is 35.5. The molecule has 1 saturated carbocycles. The summed E-state index contributed by atoms with van der Waals surface area (Å²) in [6, 6.07) is 2.23. The van der Waals surface area contributed by atoms with Gasteiger partial charge in [0.2, 0.25) is 0 Å². The average Bonchev–Trinajstić information content (AvgIpc) is 3.33. The maximum absolute atomic E-state index is 12.8. The Bertz CT molecular complexity index is 817. The van der Waals surface area contributed by atoms with Crippen molar-refractivity contribution in [1.29, 1.82) is 0 Å². The molecule has 2 heterocycles. The molecule has 0 atom stereocenters. The average molecular weight is 497 g/mol. The van der Waals surface area contributed by atoms with Crippen molar-refractivity contribution in [2.24, 2.45) is 5.92 Å². The molecule has 0 aliphatic heterocycles. The van der Waals surface area contributed by atoms with Crippen LogP contribution in [0.15, 0.2) is 6.07 Å². The first-order valence-electron chi connectivity index (χ1n) is 13.0. The van der Waals surface area contributed by atoms with Crippen LogP contribution in [0.25, 0.3) is 9.40 Å². The summed E-state index contributed by atoms with van der Waals surface area (Å²) in [6.45, 7) is 4.52. The van der Waals surface area contributed by atoms with Crippen LogP contribution < -0.4 is 0 Å². The van der Waals surface area contributed by atoms with E-state index >= 15 is 0 Å². The summed E-state index contributed by atoms with van der Waals surface area (Å²) in [5, 5.41) is 0.609. The highest BCUT2D eigenvalue weighted by Crippen LogP contribution is 2.42. The van der Waals surface area contributed by atoms with Crippen molar-refractivity contribution in [3.8, 4) is 0 Å². The second kappa shape index (κ2) is 14.0. The summed E-state index contributed by atoms with van der Waals surface area (Å²) in [5.74, 6) is 0.607. The first kappa shape index (κ1) is 26.0. The third-order valence-electron chi connectivity index (χ3n) is 6.86. The van der Waals surface area contributed by atoms with Gasteiger partial charge in [0.25, 0.3) is 0 Å². The van der Waals surface area contributed by atoms with Crippen molar-refractivity contribution >= 4 is 49.6 Å². The number of hydrogen-bond acceptors (Lipinski definition) is 4. The summed E-state index contributed by atoms with van der Waals surface area (Å²) in [7, 11) is 0. The molecule has 1 aliphatic rings. The van der Waals surface area contributed by atoms with Crippen LogP contribution in [0.4, 0.5) is 0 Å². The van der Waals surface area contributed by atoms with Gasteiger partial charge in [-0.3, -0.25) is 0 Å². The van der Waals surface area contributed by atoms with E-state index in [0.29, 0.717) is 9.90 Å². The molecule has 0 radical (unpaired) electrons. The molecule has 0 aromatic carbocycles. The molecule has 32 heavy (non-hydrogen) atoms. The zero-order valence-corrected chi connectivity index (χ0v) is 22.4. The second-order valence-corrected chi connectivity index (χ2v) is 12.1. The Morgan fingerprint density at radius 1 is 0.938 bits per heavy atom. The van der Waals surface area contributed by atoms with E-state index in [4.69, 9.17) is 16.3 Å². The number of thiophene rings is 2. The fourth-order valence-electron chi connectivity index (χ4n) is 4.85. The number of fused-ring (bicyclic) bond motifs is 1. The number of halogens is 1. The lowest BCUT2D eigenvalue weighted by molar-refractivity contribution is 0.0166. The molecule has 180 valence electrons. The lowest BCUT2D eigenvalue weighted by atomic mass is 9.84. The molecule has 2 aromatic rings. The predicted octanol–water partition coefficient (Wildman–Crippen LogP) is 10.2. The molecule has 0 N–H and O–H groups in total. The quantitative estimate of drug-likeness (QED) is 0.192. The summed E-state index contributed by atoms with van der Waals surface area (Å²) in [6.07, 6.45) is 20.2. The number of unbranched alkanes of at least 4 members (excludes halogenated alkanes) is 8. The van der Waals surface area contributed by atoms with Crippen molar-refractivity contribution in [3.05, 3.63) is 20.8 Å². The van der Waals surface area contributed by atoms with Gasteiger partial charge in [0, 0.05) is 9.58 Å². The molecule has 0 unspecified atom stereocenters. The Hall–Kier alpha value is -0.580. The van der Waals surface area contributed by atoms with E-state index in [9.17, 15) is 4.79 Å². The zero-order chi connectivity index (χ0) is 22.8. The monoisotopic (exact) mass is 496 g/mol. The minimum atomic E-state index is -0.215. The summed E-state index contributed by atoms with van der Waals surface area (Å²) in [5.41, 5.74) is 0. The molecule has 2 aromatic heterocycles. The number of hydrogen-bond donors (Lipinski definition) is 0. The van der Waals surface area contributed by atoms with Crippen LogP contribution in [-0.2, 0) is 11.2 Å². The first-order valence-corrected chi connectivity index (χ1v) is 15.0. The fraction of sp³-hybridized carbons (Fsp3) is 0.741. The Morgan fingerprint density at radius 3 is 2.25 bits per heavy atom. The summed E-state index contributed by atoms with van der Waals surface area (Å²) < 4.78 is 8.10. The number of carbonyl (C=O) groups excluding carboxylic acids is 1. The molecule has 5 heteroatoms. The van der Waals surface area contributed by atoms with Crippen LogP contribution in [0.1, 0.15) is 125 Å². The van der Waals surface area contributed by atoms with Gasteiger partial charge in [-0.25, -0.2) is 4.79 Å².